The molecule has 0 spiro atoms. The van der Waals surface area contributed by atoms with Crippen molar-refractivity contribution in [3.05, 3.63) is 52.9 Å². The summed E-state index contributed by atoms with van der Waals surface area (Å²) >= 11 is 0. The molecule has 0 bridgehead atoms. The molecule has 1 fully saturated rings. The third kappa shape index (κ3) is 3.56. The Morgan fingerprint density at radius 3 is 2.35 bits per heavy atom. The van der Waals surface area contributed by atoms with E-state index in [1.54, 1.807) is 10.8 Å². The highest BCUT2D eigenvalue weighted by atomic mass is 16.5. The zero-order valence-electron chi connectivity index (χ0n) is 13.7. The van der Waals surface area contributed by atoms with Crippen LogP contribution in [0, 0.1) is 0 Å². The van der Waals surface area contributed by atoms with Gasteiger partial charge in [0, 0.05) is 36.7 Å². The van der Waals surface area contributed by atoms with Gasteiger partial charge in [0.05, 0.1) is 13.2 Å². The average molecular weight is 313 g/mol. The molecule has 0 radical (unpaired) electrons. The van der Waals surface area contributed by atoms with E-state index in [0.29, 0.717) is 5.69 Å². The number of nitrogens with zero attached hydrogens (tertiary/aromatic N) is 2. The highest BCUT2D eigenvalue weighted by Crippen LogP contribution is 2.18. The smallest absolute Gasteiger partial charge is 0.278 e. The fraction of sp³-hybridized carbons (Fsp3) is 0.389. The van der Waals surface area contributed by atoms with Crippen molar-refractivity contribution in [1.29, 1.82) is 0 Å². The van der Waals surface area contributed by atoms with E-state index in [-0.39, 0.29) is 11.6 Å². The maximum absolute atomic E-state index is 12.6. The lowest BCUT2D eigenvalue weighted by Gasteiger charge is -2.29. The normalized spacial score (nSPS) is 15.0. The highest BCUT2D eigenvalue weighted by molar-refractivity contribution is 5.52. The van der Waals surface area contributed by atoms with E-state index >= 15 is 0 Å². The third-order valence-electron chi connectivity index (χ3n) is 3.90. The van der Waals surface area contributed by atoms with Crippen LogP contribution in [0.5, 0.6) is 0 Å². The molecule has 1 saturated heterocycles. The minimum Gasteiger partial charge on any atom is -0.378 e. The van der Waals surface area contributed by atoms with E-state index in [9.17, 15) is 4.79 Å². The number of pyridine rings is 1. The first-order valence-corrected chi connectivity index (χ1v) is 8.06. The first kappa shape index (κ1) is 15.6. The zero-order chi connectivity index (χ0) is 16.2. The van der Waals surface area contributed by atoms with Crippen molar-refractivity contribution in [2.45, 2.75) is 19.9 Å². The summed E-state index contributed by atoms with van der Waals surface area (Å²) in [5.74, 6) is 0. The number of benzene rings is 1. The van der Waals surface area contributed by atoms with Crippen molar-refractivity contribution < 1.29 is 4.74 Å². The standard InChI is InChI=1S/C18H23N3O2/c1-14(2)19-17-4-3-9-21(18(17)22)16-7-5-15(6-8-16)20-10-12-23-13-11-20/h3-9,14,19H,10-13H2,1-2H3. The van der Waals surface area contributed by atoms with E-state index in [2.05, 4.69) is 22.3 Å². The monoisotopic (exact) mass is 313 g/mol. The summed E-state index contributed by atoms with van der Waals surface area (Å²) < 4.78 is 7.06. The van der Waals surface area contributed by atoms with Crippen LogP contribution >= 0.6 is 0 Å². The number of hydrogen-bond acceptors (Lipinski definition) is 4. The second-order valence-corrected chi connectivity index (χ2v) is 6.01. The lowest BCUT2D eigenvalue weighted by atomic mass is 10.2. The Morgan fingerprint density at radius 1 is 1.04 bits per heavy atom. The molecule has 5 nitrogen and oxygen atoms in total. The first-order chi connectivity index (χ1) is 11.1. The van der Waals surface area contributed by atoms with E-state index in [1.165, 1.54) is 5.69 Å². The molecule has 122 valence electrons. The molecule has 0 atom stereocenters. The molecule has 3 rings (SSSR count). The van der Waals surface area contributed by atoms with E-state index < -0.39 is 0 Å². The molecule has 0 amide bonds. The van der Waals surface area contributed by atoms with Gasteiger partial charge in [-0.15, -0.1) is 0 Å². The molecule has 1 aliphatic heterocycles. The minimum atomic E-state index is -0.0275. The minimum absolute atomic E-state index is 0.0275. The Morgan fingerprint density at radius 2 is 1.70 bits per heavy atom. The Kier molecular flexibility index (Phi) is 4.67. The van der Waals surface area contributed by atoms with Crippen LogP contribution in [-0.2, 0) is 4.74 Å². The van der Waals surface area contributed by atoms with Crippen molar-refractivity contribution in [2.24, 2.45) is 0 Å². The van der Waals surface area contributed by atoms with Crippen LogP contribution in [0.2, 0.25) is 0 Å². The van der Waals surface area contributed by atoms with Crippen molar-refractivity contribution in [2.75, 3.05) is 36.5 Å². The van der Waals surface area contributed by atoms with Gasteiger partial charge < -0.3 is 15.0 Å². The van der Waals surface area contributed by atoms with E-state index in [1.807, 2.05) is 38.1 Å². The predicted octanol–water partition coefficient (Wildman–Crippen LogP) is 2.49. The lowest BCUT2D eigenvalue weighted by Crippen LogP contribution is -2.36. The summed E-state index contributed by atoms with van der Waals surface area (Å²) in [5, 5.41) is 3.19. The number of nitrogens with one attached hydrogen (secondary N) is 1. The molecule has 0 aliphatic carbocycles. The number of rotatable bonds is 4. The highest BCUT2D eigenvalue weighted by Gasteiger charge is 2.11. The number of ether oxygens (including phenoxy) is 1. The van der Waals surface area contributed by atoms with Crippen molar-refractivity contribution >= 4 is 11.4 Å². The second kappa shape index (κ2) is 6.87. The van der Waals surface area contributed by atoms with Gasteiger partial charge in [-0.1, -0.05) is 0 Å². The van der Waals surface area contributed by atoms with Crippen LogP contribution in [0.4, 0.5) is 11.4 Å². The molecular formula is C18H23N3O2. The summed E-state index contributed by atoms with van der Waals surface area (Å²) in [5.41, 5.74) is 2.64. The van der Waals surface area contributed by atoms with Gasteiger partial charge in [-0.05, 0) is 50.2 Å². The summed E-state index contributed by atoms with van der Waals surface area (Å²) in [7, 11) is 0. The number of aromatic nitrogens is 1. The van der Waals surface area contributed by atoms with Crippen molar-refractivity contribution in [3.8, 4) is 5.69 Å². The second-order valence-electron chi connectivity index (χ2n) is 6.01. The summed E-state index contributed by atoms with van der Waals surface area (Å²) in [6.45, 7) is 7.40. The van der Waals surface area contributed by atoms with Gasteiger partial charge in [-0.25, -0.2) is 0 Å². The van der Waals surface area contributed by atoms with Crippen molar-refractivity contribution in [3.63, 3.8) is 0 Å². The predicted molar refractivity (Wildman–Crippen MR) is 93.8 cm³/mol. The van der Waals surface area contributed by atoms with E-state index in [4.69, 9.17) is 4.74 Å². The molecule has 0 saturated carbocycles. The molecule has 5 heteroatoms. The van der Waals surface area contributed by atoms with Gasteiger partial charge in [0.1, 0.15) is 5.69 Å². The number of anilines is 2. The van der Waals surface area contributed by atoms with Gasteiger partial charge >= 0.3 is 0 Å². The fourth-order valence-electron chi connectivity index (χ4n) is 2.76. The summed E-state index contributed by atoms with van der Waals surface area (Å²) in [6, 6.07) is 12.0. The zero-order valence-corrected chi connectivity index (χ0v) is 13.7. The molecule has 2 heterocycles. The van der Waals surface area contributed by atoms with Gasteiger partial charge in [-0.3, -0.25) is 9.36 Å². The Balaban J connectivity index is 1.86. The van der Waals surface area contributed by atoms with Crippen molar-refractivity contribution in [1.82, 2.24) is 4.57 Å². The van der Waals surface area contributed by atoms with Crippen LogP contribution < -0.4 is 15.8 Å². The molecule has 1 aromatic heterocycles. The van der Waals surface area contributed by atoms with Crippen LogP contribution in [0.25, 0.3) is 5.69 Å². The third-order valence-corrected chi connectivity index (χ3v) is 3.90. The first-order valence-electron chi connectivity index (χ1n) is 8.06. The molecule has 1 aromatic carbocycles. The van der Waals surface area contributed by atoms with Crippen LogP contribution in [0.1, 0.15) is 13.8 Å². The Labute approximate surface area is 136 Å². The molecule has 1 aliphatic rings. The van der Waals surface area contributed by atoms with E-state index in [0.717, 1.165) is 32.0 Å². The Bertz CT molecular complexity index is 701. The van der Waals surface area contributed by atoms with Crippen LogP contribution in [-0.4, -0.2) is 36.9 Å². The molecule has 2 aromatic rings. The maximum Gasteiger partial charge on any atom is 0.278 e. The Hall–Kier alpha value is -2.27. The molecule has 23 heavy (non-hydrogen) atoms. The van der Waals surface area contributed by atoms with Gasteiger partial charge in [0.25, 0.3) is 5.56 Å². The molecule has 1 N–H and O–H groups in total. The molecule has 0 unspecified atom stereocenters. The van der Waals surface area contributed by atoms with Gasteiger partial charge in [-0.2, -0.15) is 0 Å². The largest absolute Gasteiger partial charge is 0.378 e. The summed E-state index contributed by atoms with van der Waals surface area (Å²) in [6.07, 6.45) is 1.80. The SMILES string of the molecule is CC(C)Nc1cccn(-c2ccc(N3CCOCC3)cc2)c1=O. The topological polar surface area (TPSA) is 46.5 Å². The fourth-order valence-corrected chi connectivity index (χ4v) is 2.76. The number of hydrogen-bond donors (Lipinski definition) is 1. The van der Waals surface area contributed by atoms with Gasteiger partial charge in [0.2, 0.25) is 0 Å². The van der Waals surface area contributed by atoms with Gasteiger partial charge in [0.15, 0.2) is 0 Å². The quantitative estimate of drug-likeness (QED) is 0.942. The number of morpholine rings is 1. The maximum atomic E-state index is 12.6. The lowest BCUT2D eigenvalue weighted by molar-refractivity contribution is 0.122. The summed E-state index contributed by atoms with van der Waals surface area (Å²) in [4.78, 5) is 14.9. The van der Waals surface area contributed by atoms with Crippen LogP contribution in [0.15, 0.2) is 47.4 Å². The average Bonchev–Trinajstić information content (AvgIpc) is 2.57. The molecular weight excluding hydrogens is 290 g/mol. The van der Waals surface area contributed by atoms with Crippen LogP contribution in [0.3, 0.4) is 0 Å².